The predicted octanol–water partition coefficient (Wildman–Crippen LogP) is 1.48. The van der Waals surface area contributed by atoms with E-state index in [0.717, 1.165) is 11.3 Å². The van der Waals surface area contributed by atoms with Gasteiger partial charge in [-0.2, -0.15) is 5.10 Å². The number of nitrogens with zero attached hydrogens (tertiary/aromatic N) is 4. The summed E-state index contributed by atoms with van der Waals surface area (Å²) in [5.41, 5.74) is 1.66. The number of nitro benzene ring substituents is 1. The molecule has 6 nitrogen and oxygen atoms in total. The van der Waals surface area contributed by atoms with Crippen LogP contribution in [0.25, 0.3) is 5.69 Å². The molecule has 76 valence electrons. The van der Waals surface area contributed by atoms with Crippen molar-refractivity contribution in [2.45, 2.75) is 6.92 Å². The summed E-state index contributed by atoms with van der Waals surface area (Å²) in [4.78, 5) is 13.9. The second kappa shape index (κ2) is 3.49. The highest BCUT2D eigenvalue weighted by molar-refractivity contribution is 5.46. The molecule has 15 heavy (non-hydrogen) atoms. The molecular weight excluding hydrogens is 196 g/mol. The normalized spacial score (nSPS) is 10.2. The van der Waals surface area contributed by atoms with Crippen molar-refractivity contribution < 1.29 is 4.92 Å². The number of rotatable bonds is 2. The molecule has 0 unspecified atom stereocenters. The first-order valence-corrected chi connectivity index (χ1v) is 4.28. The van der Waals surface area contributed by atoms with Gasteiger partial charge in [0, 0.05) is 12.1 Å². The van der Waals surface area contributed by atoms with E-state index < -0.39 is 4.92 Å². The summed E-state index contributed by atoms with van der Waals surface area (Å²) >= 11 is 0. The van der Waals surface area contributed by atoms with E-state index in [1.807, 2.05) is 0 Å². The largest absolute Gasteiger partial charge is 0.269 e. The summed E-state index contributed by atoms with van der Waals surface area (Å²) in [5, 5.41) is 14.5. The van der Waals surface area contributed by atoms with Gasteiger partial charge in [0.05, 0.1) is 10.6 Å². The average molecular weight is 204 g/mol. The monoisotopic (exact) mass is 204 g/mol. The summed E-state index contributed by atoms with van der Waals surface area (Å²) in [6.45, 7) is 1.80. The highest BCUT2D eigenvalue weighted by atomic mass is 16.6. The number of aryl methyl sites for hydroxylation is 1. The van der Waals surface area contributed by atoms with Crippen LogP contribution >= 0.6 is 0 Å². The molecule has 0 aliphatic rings. The van der Waals surface area contributed by atoms with Crippen LogP contribution in [0, 0.1) is 17.0 Å². The minimum Gasteiger partial charge on any atom is -0.258 e. The summed E-state index contributed by atoms with van der Waals surface area (Å²) < 4.78 is 1.57. The fourth-order valence-electron chi connectivity index (χ4n) is 1.34. The average Bonchev–Trinajstić information content (AvgIpc) is 2.70. The highest BCUT2D eigenvalue weighted by Gasteiger charge is 2.09. The van der Waals surface area contributed by atoms with E-state index in [0.29, 0.717) is 0 Å². The van der Waals surface area contributed by atoms with Gasteiger partial charge in [-0.25, -0.2) is 9.67 Å². The molecule has 1 heterocycles. The van der Waals surface area contributed by atoms with Crippen LogP contribution in [0.1, 0.15) is 5.56 Å². The summed E-state index contributed by atoms with van der Waals surface area (Å²) in [6.07, 6.45) is 2.97. The maximum absolute atomic E-state index is 10.5. The molecule has 2 aromatic rings. The summed E-state index contributed by atoms with van der Waals surface area (Å²) in [6, 6.07) is 4.61. The third-order valence-electron chi connectivity index (χ3n) is 2.06. The molecule has 0 bridgehead atoms. The zero-order valence-electron chi connectivity index (χ0n) is 7.99. The van der Waals surface area contributed by atoms with Gasteiger partial charge in [-0.1, -0.05) is 0 Å². The standard InChI is InChI=1S/C9H8N4O2/c1-7-4-8(13(14)15)2-3-9(7)12-6-10-5-11-12/h2-6H,1H3. The maximum Gasteiger partial charge on any atom is 0.269 e. The molecule has 0 radical (unpaired) electrons. The molecule has 0 amide bonds. The third kappa shape index (κ3) is 1.69. The third-order valence-corrected chi connectivity index (χ3v) is 2.06. The van der Waals surface area contributed by atoms with Crippen molar-refractivity contribution in [3.63, 3.8) is 0 Å². The number of non-ortho nitro benzene ring substituents is 1. The zero-order valence-corrected chi connectivity index (χ0v) is 7.99. The van der Waals surface area contributed by atoms with Crippen molar-refractivity contribution in [1.82, 2.24) is 14.8 Å². The first-order chi connectivity index (χ1) is 7.18. The highest BCUT2D eigenvalue weighted by Crippen LogP contribution is 2.19. The first kappa shape index (κ1) is 9.32. The Morgan fingerprint density at radius 3 is 2.80 bits per heavy atom. The van der Waals surface area contributed by atoms with E-state index in [4.69, 9.17) is 0 Å². The van der Waals surface area contributed by atoms with Crippen molar-refractivity contribution in [3.05, 3.63) is 46.5 Å². The van der Waals surface area contributed by atoms with Crippen LogP contribution in [-0.4, -0.2) is 19.7 Å². The fourth-order valence-corrected chi connectivity index (χ4v) is 1.34. The number of aromatic nitrogens is 3. The van der Waals surface area contributed by atoms with Gasteiger partial charge in [-0.3, -0.25) is 10.1 Å². The fraction of sp³-hybridized carbons (Fsp3) is 0.111. The predicted molar refractivity (Wildman–Crippen MR) is 52.8 cm³/mol. The molecule has 0 aliphatic heterocycles. The maximum atomic E-state index is 10.5. The van der Waals surface area contributed by atoms with Gasteiger partial charge in [0.2, 0.25) is 0 Å². The van der Waals surface area contributed by atoms with Gasteiger partial charge in [-0.15, -0.1) is 0 Å². The Morgan fingerprint density at radius 2 is 2.27 bits per heavy atom. The van der Waals surface area contributed by atoms with Gasteiger partial charge < -0.3 is 0 Å². The van der Waals surface area contributed by atoms with Gasteiger partial charge in [0.15, 0.2) is 0 Å². The quantitative estimate of drug-likeness (QED) is 0.548. The number of benzene rings is 1. The van der Waals surface area contributed by atoms with Crippen LogP contribution in [0.5, 0.6) is 0 Å². The molecule has 6 heteroatoms. The van der Waals surface area contributed by atoms with Crippen molar-refractivity contribution in [2.75, 3.05) is 0 Å². The summed E-state index contributed by atoms with van der Waals surface area (Å²) in [5.74, 6) is 0. The lowest BCUT2D eigenvalue weighted by atomic mass is 10.2. The Morgan fingerprint density at radius 1 is 1.47 bits per heavy atom. The number of nitro groups is 1. The van der Waals surface area contributed by atoms with Crippen molar-refractivity contribution in [3.8, 4) is 5.69 Å². The van der Waals surface area contributed by atoms with E-state index in [-0.39, 0.29) is 5.69 Å². The minimum absolute atomic E-state index is 0.0800. The SMILES string of the molecule is Cc1cc([N+](=O)[O-])ccc1-n1cncn1. The van der Waals surface area contributed by atoms with Gasteiger partial charge in [-0.05, 0) is 18.6 Å². The van der Waals surface area contributed by atoms with E-state index >= 15 is 0 Å². The molecule has 0 saturated heterocycles. The van der Waals surface area contributed by atoms with Crippen LogP contribution in [0.4, 0.5) is 5.69 Å². The molecule has 0 fully saturated rings. The smallest absolute Gasteiger partial charge is 0.258 e. The van der Waals surface area contributed by atoms with Crippen LogP contribution in [0.3, 0.4) is 0 Å². The second-order valence-electron chi connectivity index (χ2n) is 3.07. The zero-order chi connectivity index (χ0) is 10.8. The molecule has 2 rings (SSSR count). The second-order valence-corrected chi connectivity index (χ2v) is 3.07. The number of hydrogen-bond acceptors (Lipinski definition) is 4. The molecular formula is C9H8N4O2. The Hall–Kier alpha value is -2.24. The Labute approximate surface area is 85.3 Å². The Balaban J connectivity index is 2.48. The molecule has 1 aromatic heterocycles. The topological polar surface area (TPSA) is 73.8 Å². The van der Waals surface area contributed by atoms with Crippen LogP contribution in [-0.2, 0) is 0 Å². The molecule has 0 aliphatic carbocycles. The lowest BCUT2D eigenvalue weighted by Crippen LogP contribution is -1.98. The van der Waals surface area contributed by atoms with Gasteiger partial charge >= 0.3 is 0 Å². The van der Waals surface area contributed by atoms with Crippen molar-refractivity contribution in [2.24, 2.45) is 0 Å². The van der Waals surface area contributed by atoms with E-state index in [1.165, 1.54) is 18.5 Å². The van der Waals surface area contributed by atoms with Crippen LogP contribution in [0.15, 0.2) is 30.9 Å². The lowest BCUT2D eigenvalue weighted by Gasteiger charge is -2.03. The summed E-state index contributed by atoms with van der Waals surface area (Å²) in [7, 11) is 0. The van der Waals surface area contributed by atoms with Crippen molar-refractivity contribution >= 4 is 5.69 Å². The number of hydrogen-bond donors (Lipinski definition) is 0. The van der Waals surface area contributed by atoms with Gasteiger partial charge in [0.25, 0.3) is 5.69 Å². The molecule has 0 N–H and O–H groups in total. The van der Waals surface area contributed by atoms with E-state index in [2.05, 4.69) is 10.1 Å². The molecule has 0 atom stereocenters. The Kier molecular flexibility index (Phi) is 2.17. The molecule has 0 spiro atoms. The van der Waals surface area contributed by atoms with E-state index in [1.54, 1.807) is 24.0 Å². The first-order valence-electron chi connectivity index (χ1n) is 4.28. The van der Waals surface area contributed by atoms with E-state index in [9.17, 15) is 10.1 Å². The molecule has 1 aromatic carbocycles. The van der Waals surface area contributed by atoms with Crippen molar-refractivity contribution in [1.29, 1.82) is 0 Å². The van der Waals surface area contributed by atoms with Crippen LogP contribution in [0.2, 0.25) is 0 Å². The van der Waals surface area contributed by atoms with Gasteiger partial charge in [0.1, 0.15) is 12.7 Å². The lowest BCUT2D eigenvalue weighted by molar-refractivity contribution is -0.384. The Bertz CT molecular complexity index is 493. The molecule has 0 saturated carbocycles. The minimum atomic E-state index is -0.419. The van der Waals surface area contributed by atoms with Crippen LogP contribution < -0.4 is 0 Å².